The summed E-state index contributed by atoms with van der Waals surface area (Å²) in [7, 11) is -1.12. The van der Waals surface area contributed by atoms with Crippen LogP contribution in [-0.2, 0) is 22.3 Å². The van der Waals surface area contributed by atoms with Gasteiger partial charge in [0.25, 0.3) is 11.6 Å². The van der Waals surface area contributed by atoms with E-state index in [1.807, 2.05) is 0 Å². The van der Waals surface area contributed by atoms with Crippen molar-refractivity contribution in [1.82, 2.24) is 9.78 Å². The van der Waals surface area contributed by atoms with E-state index in [0.29, 0.717) is 28.3 Å². The highest BCUT2D eigenvalue weighted by molar-refractivity contribution is 7.83. The van der Waals surface area contributed by atoms with Crippen molar-refractivity contribution in [3.63, 3.8) is 0 Å². The maximum Gasteiger partial charge on any atom is 0.273 e. The monoisotopic (exact) mass is 414 g/mol. The van der Waals surface area contributed by atoms with Gasteiger partial charge in [-0.1, -0.05) is 6.07 Å². The van der Waals surface area contributed by atoms with Gasteiger partial charge in [-0.05, 0) is 37.3 Å². The van der Waals surface area contributed by atoms with Crippen LogP contribution in [0.15, 0.2) is 42.5 Å². The van der Waals surface area contributed by atoms with Crippen molar-refractivity contribution in [2.24, 2.45) is 0 Å². The molecule has 1 atom stereocenters. The molecule has 1 amide bonds. The molecule has 2 aromatic carbocycles. The number of halogens is 1. The number of nitrogens with one attached hydrogen (secondary N) is 1. The fourth-order valence-corrected chi connectivity index (χ4v) is 4.42. The summed E-state index contributed by atoms with van der Waals surface area (Å²) < 4.78 is 26.7. The molecule has 3 aromatic rings. The van der Waals surface area contributed by atoms with Gasteiger partial charge in [-0.3, -0.25) is 19.1 Å². The first-order valence-corrected chi connectivity index (χ1v) is 10.1. The standard InChI is InChI=1S/C19H15FN4O4S/c1-11-2-3-12(8-17(11)24(26)27)19(25)21-18-15-9-29(28)10-16(15)22-23(18)14-6-4-13(20)5-7-14/h2-8H,9-10H2,1H3,(H,21,25). The van der Waals surface area contributed by atoms with Crippen molar-refractivity contribution in [3.05, 3.63) is 80.8 Å². The Morgan fingerprint density at radius 2 is 1.97 bits per heavy atom. The van der Waals surface area contributed by atoms with Gasteiger partial charge in [0.1, 0.15) is 11.6 Å². The number of nitro benzene ring substituents is 1. The van der Waals surface area contributed by atoms with E-state index < -0.39 is 27.4 Å². The average molecular weight is 414 g/mol. The van der Waals surface area contributed by atoms with Crippen LogP contribution in [0.1, 0.15) is 27.2 Å². The second-order valence-electron chi connectivity index (χ2n) is 6.60. The van der Waals surface area contributed by atoms with E-state index >= 15 is 0 Å². The zero-order valence-corrected chi connectivity index (χ0v) is 16.0. The zero-order valence-electron chi connectivity index (χ0n) is 15.2. The molecule has 0 saturated carbocycles. The average Bonchev–Trinajstić information content (AvgIpc) is 3.19. The lowest BCUT2D eigenvalue weighted by molar-refractivity contribution is -0.385. The molecule has 0 saturated heterocycles. The largest absolute Gasteiger partial charge is 0.306 e. The lowest BCUT2D eigenvalue weighted by Crippen LogP contribution is -2.17. The van der Waals surface area contributed by atoms with Gasteiger partial charge in [0, 0.05) is 33.6 Å². The Kier molecular flexibility index (Phi) is 4.71. The number of hydrogen-bond donors (Lipinski definition) is 1. The Bertz CT molecular complexity index is 1170. The molecule has 0 spiro atoms. The number of nitro groups is 1. The van der Waals surface area contributed by atoms with Crippen molar-refractivity contribution in [2.75, 3.05) is 5.32 Å². The molecule has 0 aliphatic carbocycles. The van der Waals surface area contributed by atoms with Gasteiger partial charge in [-0.15, -0.1) is 0 Å². The third-order valence-electron chi connectivity index (χ3n) is 4.64. The highest BCUT2D eigenvalue weighted by Crippen LogP contribution is 2.32. The minimum atomic E-state index is -1.12. The summed E-state index contributed by atoms with van der Waals surface area (Å²) in [5.74, 6) is -0.141. The Morgan fingerprint density at radius 1 is 1.24 bits per heavy atom. The molecule has 0 radical (unpaired) electrons. The number of nitrogens with zero attached hydrogens (tertiary/aromatic N) is 3. The highest BCUT2D eigenvalue weighted by Gasteiger charge is 2.29. The predicted octanol–water partition coefficient (Wildman–Crippen LogP) is 3.24. The maximum atomic E-state index is 13.3. The first-order valence-electron chi connectivity index (χ1n) is 8.61. The normalized spacial score (nSPS) is 15.2. The number of aryl methyl sites for hydroxylation is 1. The topological polar surface area (TPSA) is 107 Å². The summed E-state index contributed by atoms with van der Waals surface area (Å²) in [6.07, 6.45) is 0. The third kappa shape index (κ3) is 3.54. The van der Waals surface area contributed by atoms with E-state index in [0.717, 1.165) is 0 Å². The van der Waals surface area contributed by atoms with Crippen molar-refractivity contribution < 1.29 is 18.3 Å². The van der Waals surface area contributed by atoms with E-state index in [9.17, 15) is 23.5 Å². The number of carbonyl (C=O) groups is 1. The number of benzene rings is 2. The van der Waals surface area contributed by atoms with Crippen molar-refractivity contribution in [3.8, 4) is 5.69 Å². The van der Waals surface area contributed by atoms with Gasteiger partial charge in [-0.25, -0.2) is 9.07 Å². The molecule has 1 aliphatic heterocycles. The second-order valence-corrected chi connectivity index (χ2v) is 8.06. The highest BCUT2D eigenvalue weighted by atomic mass is 32.2. The van der Waals surface area contributed by atoms with Crippen molar-refractivity contribution in [2.45, 2.75) is 18.4 Å². The molecule has 29 heavy (non-hydrogen) atoms. The molecule has 10 heteroatoms. The van der Waals surface area contributed by atoms with Gasteiger partial charge >= 0.3 is 0 Å². The van der Waals surface area contributed by atoms with Crippen LogP contribution in [0.25, 0.3) is 5.69 Å². The molecule has 2 heterocycles. The molecule has 0 fully saturated rings. The van der Waals surface area contributed by atoms with Crippen LogP contribution in [0.2, 0.25) is 0 Å². The summed E-state index contributed by atoms with van der Waals surface area (Å²) in [4.78, 5) is 23.4. The van der Waals surface area contributed by atoms with Gasteiger partial charge in [-0.2, -0.15) is 5.10 Å². The van der Waals surface area contributed by atoms with Gasteiger partial charge in [0.2, 0.25) is 0 Å². The SMILES string of the molecule is Cc1ccc(C(=O)Nc2c3c(nn2-c2ccc(F)cc2)CS(=O)C3)cc1[N+](=O)[O-]. The predicted molar refractivity (Wildman–Crippen MR) is 105 cm³/mol. The first-order chi connectivity index (χ1) is 13.8. The molecule has 8 nitrogen and oxygen atoms in total. The first kappa shape index (κ1) is 18.9. The quantitative estimate of drug-likeness (QED) is 0.521. The number of hydrogen-bond acceptors (Lipinski definition) is 5. The van der Waals surface area contributed by atoms with Crippen molar-refractivity contribution >= 4 is 28.2 Å². The molecule has 1 unspecified atom stereocenters. The molecule has 1 aliphatic rings. The minimum Gasteiger partial charge on any atom is -0.306 e. The summed E-state index contributed by atoms with van der Waals surface area (Å²) in [6, 6.07) is 9.78. The maximum absolute atomic E-state index is 13.3. The fourth-order valence-electron chi connectivity index (χ4n) is 3.15. The lowest BCUT2D eigenvalue weighted by Gasteiger charge is -2.11. The molecule has 4 rings (SSSR count). The number of fused-ring (bicyclic) bond motifs is 1. The number of amides is 1. The summed E-state index contributed by atoms with van der Waals surface area (Å²) in [5, 5.41) is 18.3. The van der Waals surface area contributed by atoms with E-state index in [4.69, 9.17) is 0 Å². The van der Waals surface area contributed by atoms with E-state index in [1.165, 1.54) is 47.1 Å². The Hall–Kier alpha value is -3.40. The number of rotatable bonds is 4. The Balaban J connectivity index is 1.74. The van der Waals surface area contributed by atoms with Crippen LogP contribution in [0.3, 0.4) is 0 Å². The molecule has 0 bridgehead atoms. The number of anilines is 1. The van der Waals surface area contributed by atoms with Crippen LogP contribution in [0, 0.1) is 22.9 Å². The van der Waals surface area contributed by atoms with Gasteiger partial charge in [0.15, 0.2) is 0 Å². The lowest BCUT2D eigenvalue weighted by atomic mass is 10.1. The van der Waals surface area contributed by atoms with E-state index in [-0.39, 0.29) is 22.8 Å². The fraction of sp³-hybridized carbons (Fsp3) is 0.158. The summed E-state index contributed by atoms with van der Waals surface area (Å²) in [6.45, 7) is 1.59. The Morgan fingerprint density at radius 3 is 2.66 bits per heavy atom. The van der Waals surface area contributed by atoms with Crippen LogP contribution >= 0.6 is 0 Å². The number of carbonyl (C=O) groups excluding carboxylic acids is 1. The van der Waals surface area contributed by atoms with Gasteiger partial charge < -0.3 is 5.32 Å². The third-order valence-corrected chi connectivity index (χ3v) is 5.85. The molecular weight excluding hydrogens is 399 g/mol. The summed E-state index contributed by atoms with van der Waals surface area (Å²) >= 11 is 0. The van der Waals surface area contributed by atoms with Crippen LogP contribution < -0.4 is 5.32 Å². The molecule has 1 aromatic heterocycles. The zero-order chi connectivity index (χ0) is 20.7. The summed E-state index contributed by atoms with van der Waals surface area (Å²) in [5.41, 5.74) is 2.16. The minimum absolute atomic E-state index is 0.113. The van der Waals surface area contributed by atoms with Gasteiger partial charge in [0.05, 0.1) is 27.8 Å². The Labute approximate surface area is 167 Å². The van der Waals surface area contributed by atoms with Crippen LogP contribution in [-0.4, -0.2) is 24.8 Å². The smallest absolute Gasteiger partial charge is 0.273 e. The molecule has 148 valence electrons. The van der Waals surface area contributed by atoms with E-state index in [1.54, 1.807) is 6.92 Å². The van der Waals surface area contributed by atoms with E-state index in [2.05, 4.69) is 10.4 Å². The van der Waals surface area contributed by atoms with Crippen LogP contribution in [0.4, 0.5) is 15.9 Å². The molecule has 1 N–H and O–H groups in total. The van der Waals surface area contributed by atoms with Crippen molar-refractivity contribution in [1.29, 1.82) is 0 Å². The number of aromatic nitrogens is 2. The molecular formula is C19H15FN4O4S. The van der Waals surface area contributed by atoms with Crippen LogP contribution in [0.5, 0.6) is 0 Å². The second kappa shape index (κ2) is 7.21.